The zero-order valence-corrected chi connectivity index (χ0v) is 8.71. The SMILES string of the molecule is O=C(O)c1c(O)c2cc([NH+]([O-])O)ccc2oc1=O. The molecule has 0 aliphatic carbocycles. The number of nitrogens with one attached hydrogen (secondary N) is 1. The normalized spacial score (nSPS) is 12.6. The number of carboxylic acids is 1. The predicted octanol–water partition coefficient (Wildman–Crippen LogP) is -0.400. The quantitative estimate of drug-likeness (QED) is 0.422. The Bertz CT molecular complexity index is 688. The van der Waals surface area contributed by atoms with E-state index >= 15 is 0 Å². The van der Waals surface area contributed by atoms with Gasteiger partial charge in [-0.05, 0) is 6.07 Å². The van der Waals surface area contributed by atoms with Crippen molar-refractivity contribution in [2.75, 3.05) is 0 Å². The lowest BCUT2D eigenvalue weighted by atomic mass is 10.1. The maximum Gasteiger partial charge on any atom is 0.354 e. The van der Waals surface area contributed by atoms with Crippen LogP contribution in [0.2, 0.25) is 0 Å². The summed E-state index contributed by atoms with van der Waals surface area (Å²) in [5.74, 6) is -2.46. The van der Waals surface area contributed by atoms with E-state index < -0.39 is 28.1 Å². The summed E-state index contributed by atoms with van der Waals surface area (Å²) in [6.07, 6.45) is 0. The lowest BCUT2D eigenvalue weighted by Gasteiger charge is -2.12. The number of carbonyl (C=O) groups is 1. The first-order valence-corrected chi connectivity index (χ1v) is 4.68. The summed E-state index contributed by atoms with van der Waals surface area (Å²) in [7, 11) is 0. The van der Waals surface area contributed by atoms with Gasteiger partial charge in [0, 0.05) is 12.1 Å². The fourth-order valence-corrected chi connectivity index (χ4v) is 1.51. The fraction of sp³-hybridized carbons (Fsp3) is 0. The smallest absolute Gasteiger partial charge is 0.354 e. The number of aromatic hydroxyl groups is 1. The highest BCUT2D eigenvalue weighted by Gasteiger charge is 2.20. The van der Waals surface area contributed by atoms with Crippen LogP contribution in [0.1, 0.15) is 10.4 Å². The van der Waals surface area contributed by atoms with Crippen molar-refractivity contribution < 1.29 is 29.9 Å². The van der Waals surface area contributed by atoms with E-state index in [9.17, 15) is 19.9 Å². The molecular formula is C10H7NO7. The molecule has 18 heavy (non-hydrogen) atoms. The molecule has 1 atom stereocenters. The molecule has 0 bridgehead atoms. The van der Waals surface area contributed by atoms with E-state index in [1.165, 1.54) is 12.1 Å². The molecule has 8 nitrogen and oxygen atoms in total. The van der Waals surface area contributed by atoms with E-state index in [4.69, 9.17) is 10.3 Å². The molecule has 4 N–H and O–H groups in total. The molecule has 1 aromatic heterocycles. The zero-order valence-electron chi connectivity index (χ0n) is 8.71. The number of rotatable bonds is 2. The van der Waals surface area contributed by atoms with Crippen LogP contribution in [0.25, 0.3) is 11.0 Å². The number of hydrogen-bond acceptors (Lipinski definition) is 6. The van der Waals surface area contributed by atoms with Gasteiger partial charge in [0.2, 0.25) is 0 Å². The third kappa shape index (κ3) is 1.80. The van der Waals surface area contributed by atoms with Crippen LogP contribution in [0.15, 0.2) is 27.4 Å². The first kappa shape index (κ1) is 12.0. The molecule has 0 saturated carbocycles. The van der Waals surface area contributed by atoms with Crippen LogP contribution in [0, 0.1) is 5.21 Å². The maximum absolute atomic E-state index is 11.3. The molecule has 2 rings (SSSR count). The van der Waals surface area contributed by atoms with Gasteiger partial charge in [0.05, 0.1) is 5.39 Å². The molecular weight excluding hydrogens is 246 g/mol. The first-order valence-electron chi connectivity index (χ1n) is 4.68. The summed E-state index contributed by atoms with van der Waals surface area (Å²) in [5, 5.41) is 36.6. The average molecular weight is 253 g/mol. The van der Waals surface area contributed by atoms with Gasteiger partial charge in [0.15, 0.2) is 11.3 Å². The highest BCUT2D eigenvalue weighted by atomic mass is 16.8. The van der Waals surface area contributed by atoms with Crippen LogP contribution >= 0.6 is 0 Å². The Kier molecular flexibility index (Phi) is 2.75. The topological polar surface area (TPSA) is 135 Å². The van der Waals surface area contributed by atoms with Crippen LogP contribution in [-0.2, 0) is 0 Å². The second-order valence-electron chi connectivity index (χ2n) is 3.43. The third-order valence-corrected chi connectivity index (χ3v) is 2.34. The highest BCUT2D eigenvalue weighted by molar-refractivity contribution is 5.97. The standard InChI is InChI=1S/C10H7NO7/c12-8-5-3-4(11(16)17)1-2-6(5)18-10(15)7(8)9(13)14/h1-3,11-12,16H,(H,13,14). The molecule has 0 radical (unpaired) electrons. The van der Waals surface area contributed by atoms with Crippen molar-refractivity contribution in [2.24, 2.45) is 0 Å². The molecule has 0 spiro atoms. The van der Waals surface area contributed by atoms with Crippen molar-refractivity contribution in [3.8, 4) is 5.75 Å². The van der Waals surface area contributed by atoms with E-state index in [0.29, 0.717) is 0 Å². The number of benzene rings is 1. The van der Waals surface area contributed by atoms with Crippen molar-refractivity contribution >= 4 is 22.6 Å². The summed E-state index contributed by atoms with van der Waals surface area (Å²) >= 11 is 0. The lowest BCUT2D eigenvalue weighted by molar-refractivity contribution is -0.991. The molecule has 0 amide bonds. The van der Waals surface area contributed by atoms with Crippen molar-refractivity contribution in [2.45, 2.75) is 0 Å². The Labute approximate surface area is 98.5 Å². The van der Waals surface area contributed by atoms with Crippen LogP contribution in [0.4, 0.5) is 5.69 Å². The number of fused-ring (bicyclic) bond motifs is 1. The van der Waals surface area contributed by atoms with Crippen LogP contribution in [0.3, 0.4) is 0 Å². The molecule has 8 heteroatoms. The van der Waals surface area contributed by atoms with Gasteiger partial charge in [0.1, 0.15) is 11.3 Å². The minimum Gasteiger partial charge on any atom is -0.595 e. The molecule has 1 aromatic carbocycles. The van der Waals surface area contributed by atoms with Gasteiger partial charge in [-0.3, -0.25) is 0 Å². The number of hydrogen-bond donors (Lipinski definition) is 4. The third-order valence-electron chi connectivity index (χ3n) is 2.34. The monoisotopic (exact) mass is 253 g/mol. The predicted molar refractivity (Wildman–Crippen MR) is 56.9 cm³/mol. The van der Waals surface area contributed by atoms with Crippen molar-refractivity contribution in [3.63, 3.8) is 0 Å². The van der Waals surface area contributed by atoms with Crippen LogP contribution in [-0.4, -0.2) is 21.4 Å². The molecule has 94 valence electrons. The van der Waals surface area contributed by atoms with Gasteiger partial charge >= 0.3 is 11.6 Å². The van der Waals surface area contributed by atoms with E-state index in [1.54, 1.807) is 0 Å². The van der Waals surface area contributed by atoms with Gasteiger partial charge in [0.25, 0.3) is 0 Å². The van der Waals surface area contributed by atoms with Gasteiger partial charge in [-0.15, -0.1) is 0 Å². The molecule has 1 heterocycles. The Morgan fingerprint density at radius 3 is 2.61 bits per heavy atom. The summed E-state index contributed by atoms with van der Waals surface area (Å²) in [6.45, 7) is 0. The van der Waals surface area contributed by atoms with Gasteiger partial charge in [-0.2, -0.15) is 5.23 Å². The summed E-state index contributed by atoms with van der Waals surface area (Å²) in [4.78, 5) is 22.1. The Hall–Kier alpha value is -2.42. The van der Waals surface area contributed by atoms with Crippen molar-refractivity contribution in [1.29, 1.82) is 0 Å². The Balaban J connectivity index is 2.85. The summed E-state index contributed by atoms with van der Waals surface area (Å²) in [5.41, 5.74) is -2.38. The van der Waals surface area contributed by atoms with Gasteiger partial charge in [-0.25, -0.2) is 14.8 Å². The lowest BCUT2D eigenvalue weighted by Crippen LogP contribution is -2.99. The van der Waals surface area contributed by atoms with E-state index in [-0.39, 0.29) is 16.7 Å². The van der Waals surface area contributed by atoms with Crippen molar-refractivity contribution in [3.05, 3.63) is 39.4 Å². The van der Waals surface area contributed by atoms with E-state index in [2.05, 4.69) is 4.42 Å². The molecule has 1 unspecified atom stereocenters. The summed E-state index contributed by atoms with van der Waals surface area (Å²) in [6, 6.07) is 3.38. The largest absolute Gasteiger partial charge is 0.595 e. The van der Waals surface area contributed by atoms with Crippen molar-refractivity contribution in [1.82, 2.24) is 0 Å². The van der Waals surface area contributed by atoms with E-state index in [1.807, 2.05) is 0 Å². The van der Waals surface area contributed by atoms with Crippen LogP contribution in [0.5, 0.6) is 5.75 Å². The average Bonchev–Trinajstić information content (AvgIpc) is 2.27. The second-order valence-corrected chi connectivity index (χ2v) is 3.43. The highest BCUT2D eigenvalue weighted by Crippen LogP contribution is 2.27. The van der Waals surface area contributed by atoms with E-state index in [0.717, 1.165) is 6.07 Å². The molecule has 2 aromatic rings. The number of aromatic carboxylic acids is 1. The Morgan fingerprint density at radius 2 is 2.06 bits per heavy atom. The first-order chi connectivity index (χ1) is 8.41. The molecule has 0 fully saturated rings. The second kappa shape index (κ2) is 4.11. The number of carboxylic acid groups (broad SMARTS) is 1. The number of quaternary nitrogens is 1. The molecule has 0 aliphatic rings. The zero-order chi connectivity index (χ0) is 13.4. The minimum atomic E-state index is -1.65. The maximum atomic E-state index is 11.3. The van der Waals surface area contributed by atoms with Crippen LogP contribution < -0.4 is 10.9 Å². The summed E-state index contributed by atoms with van der Waals surface area (Å²) < 4.78 is 4.68. The minimum absolute atomic E-state index is 0.0903. The molecule has 0 saturated heterocycles. The Morgan fingerprint density at radius 1 is 1.39 bits per heavy atom. The van der Waals surface area contributed by atoms with Gasteiger partial charge in [-0.1, -0.05) is 0 Å². The van der Waals surface area contributed by atoms with Gasteiger partial charge < -0.3 is 19.8 Å². The fourth-order valence-electron chi connectivity index (χ4n) is 1.51. The molecule has 0 aliphatic heterocycles.